The number of aryl methyl sites for hydroxylation is 1. The number of fused-ring (bicyclic) bond motifs is 1. The first-order valence-corrected chi connectivity index (χ1v) is 12.0. The van der Waals surface area contributed by atoms with Crippen LogP contribution in [0.25, 0.3) is 22.3 Å². The molecule has 6 nitrogen and oxygen atoms in total. The molecule has 38 heavy (non-hydrogen) atoms. The molecule has 3 aromatic carbocycles. The molecule has 1 aliphatic heterocycles. The lowest BCUT2D eigenvalue weighted by Crippen LogP contribution is -2.29. The van der Waals surface area contributed by atoms with E-state index >= 15 is 0 Å². The number of carboxylic acid groups (broad SMARTS) is 2. The summed E-state index contributed by atoms with van der Waals surface area (Å²) in [4.78, 5) is 24.1. The molecule has 1 heterocycles. The third kappa shape index (κ3) is 5.67. The highest BCUT2D eigenvalue weighted by Crippen LogP contribution is 2.47. The Morgan fingerprint density at radius 2 is 1.71 bits per heavy atom. The minimum Gasteiger partial charge on any atom is -0.493 e. The van der Waals surface area contributed by atoms with Gasteiger partial charge in [-0.05, 0) is 91.8 Å². The van der Waals surface area contributed by atoms with E-state index in [-0.39, 0.29) is 16.7 Å². The summed E-state index contributed by atoms with van der Waals surface area (Å²) in [5.74, 6) is -2.17. The summed E-state index contributed by atoms with van der Waals surface area (Å²) in [5.41, 5.74) is -1.14. The molecule has 0 spiro atoms. The maximum atomic E-state index is 14.4. The SMILES string of the molecule is CC(C)(C)OC(C(=O)O)c1c(C(F)(F)F)ccc(-c2cccc(C(=O)O)c2)c1-c1ccc2c(c1)CCCO2. The molecule has 1 unspecified atom stereocenters. The highest BCUT2D eigenvalue weighted by molar-refractivity contribution is 5.94. The number of carbonyl (C=O) groups is 2. The zero-order valence-corrected chi connectivity index (χ0v) is 21.1. The van der Waals surface area contributed by atoms with E-state index in [1.807, 2.05) is 0 Å². The number of aliphatic carboxylic acids is 1. The molecule has 200 valence electrons. The molecule has 0 bridgehead atoms. The van der Waals surface area contributed by atoms with E-state index in [0.29, 0.717) is 29.9 Å². The Morgan fingerprint density at radius 1 is 0.974 bits per heavy atom. The average molecular weight is 529 g/mol. The first-order valence-electron chi connectivity index (χ1n) is 12.0. The monoisotopic (exact) mass is 528 g/mol. The average Bonchev–Trinajstić information content (AvgIpc) is 2.85. The lowest BCUT2D eigenvalue weighted by Gasteiger charge is -2.30. The summed E-state index contributed by atoms with van der Waals surface area (Å²) >= 11 is 0. The Balaban J connectivity index is 2.12. The van der Waals surface area contributed by atoms with E-state index in [0.717, 1.165) is 18.1 Å². The number of alkyl halides is 3. The minimum atomic E-state index is -4.89. The molecule has 9 heteroatoms. The van der Waals surface area contributed by atoms with Crippen LogP contribution in [0.5, 0.6) is 5.75 Å². The summed E-state index contributed by atoms with van der Waals surface area (Å²) in [6, 6.07) is 12.8. The quantitative estimate of drug-likeness (QED) is 0.358. The Morgan fingerprint density at radius 3 is 2.34 bits per heavy atom. The third-order valence-corrected chi connectivity index (χ3v) is 6.13. The van der Waals surface area contributed by atoms with Gasteiger partial charge >= 0.3 is 18.1 Å². The number of hydrogen-bond acceptors (Lipinski definition) is 4. The summed E-state index contributed by atoms with van der Waals surface area (Å²) in [6.45, 7) is 5.21. The number of ether oxygens (including phenoxy) is 2. The second-order valence-corrected chi connectivity index (χ2v) is 10.1. The van der Waals surface area contributed by atoms with E-state index in [1.54, 1.807) is 45.0 Å². The van der Waals surface area contributed by atoms with E-state index < -0.39 is 40.9 Å². The maximum absolute atomic E-state index is 14.4. The predicted molar refractivity (Wildman–Crippen MR) is 134 cm³/mol. The lowest BCUT2D eigenvalue weighted by atomic mass is 9.84. The summed E-state index contributed by atoms with van der Waals surface area (Å²) < 4.78 is 54.7. The second-order valence-electron chi connectivity index (χ2n) is 10.1. The van der Waals surface area contributed by atoms with Crippen LogP contribution in [0.2, 0.25) is 0 Å². The van der Waals surface area contributed by atoms with Crippen molar-refractivity contribution in [3.05, 3.63) is 76.9 Å². The number of carboxylic acids is 2. The van der Waals surface area contributed by atoms with Gasteiger partial charge in [-0.2, -0.15) is 13.2 Å². The first-order chi connectivity index (χ1) is 17.8. The molecule has 0 fully saturated rings. The van der Waals surface area contributed by atoms with Crippen LogP contribution < -0.4 is 4.74 Å². The molecule has 0 aliphatic carbocycles. The number of halogens is 3. The molecule has 3 aromatic rings. The third-order valence-electron chi connectivity index (χ3n) is 6.13. The zero-order valence-electron chi connectivity index (χ0n) is 21.1. The van der Waals surface area contributed by atoms with Crippen molar-refractivity contribution in [2.75, 3.05) is 6.61 Å². The second kappa shape index (κ2) is 10.1. The topological polar surface area (TPSA) is 93.1 Å². The fourth-order valence-electron chi connectivity index (χ4n) is 4.61. The van der Waals surface area contributed by atoms with Crippen molar-refractivity contribution >= 4 is 11.9 Å². The van der Waals surface area contributed by atoms with Crippen molar-refractivity contribution < 1.29 is 42.4 Å². The molecule has 0 aromatic heterocycles. The molecule has 0 saturated heterocycles. The van der Waals surface area contributed by atoms with Gasteiger partial charge in [-0.3, -0.25) is 0 Å². The van der Waals surface area contributed by atoms with Crippen molar-refractivity contribution in [2.45, 2.75) is 51.5 Å². The van der Waals surface area contributed by atoms with E-state index in [1.165, 1.54) is 24.3 Å². The van der Waals surface area contributed by atoms with Crippen LogP contribution in [0.3, 0.4) is 0 Å². The Hall–Kier alpha value is -3.85. The summed E-state index contributed by atoms with van der Waals surface area (Å²) in [6.07, 6.45) is -5.49. The van der Waals surface area contributed by atoms with Crippen molar-refractivity contribution in [1.29, 1.82) is 0 Å². The maximum Gasteiger partial charge on any atom is 0.416 e. The molecule has 1 aliphatic rings. The van der Waals surface area contributed by atoms with Crippen LogP contribution >= 0.6 is 0 Å². The minimum absolute atomic E-state index is 0.00684. The molecule has 2 N–H and O–H groups in total. The van der Waals surface area contributed by atoms with Crippen molar-refractivity contribution in [1.82, 2.24) is 0 Å². The Kier molecular flexibility index (Phi) is 7.25. The molecule has 0 amide bonds. The van der Waals surface area contributed by atoms with Crippen molar-refractivity contribution in [2.24, 2.45) is 0 Å². The fraction of sp³-hybridized carbons (Fsp3) is 0.310. The van der Waals surface area contributed by atoms with Crippen LogP contribution in [0.4, 0.5) is 13.2 Å². The lowest BCUT2D eigenvalue weighted by molar-refractivity contribution is -0.163. The van der Waals surface area contributed by atoms with Gasteiger partial charge in [0.15, 0.2) is 6.10 Å². The normalized spacial score (nSPS) is 14.4. The molecular formula is C29H27F3O6. The van der Waals surface area contributed by atoms with Gasteiger partial charge in [-0.15, -0.1) is 0 Å². The fourth-order valence-corrected chi connectivity index (χ4v) is 4.61. The summed E-state index contributed by atoms with van der Waals surface area (Å²) in [5, 5.41) is 19.6. The van der Waals surface area contributed by atoms with Gasteiger partial charge in [0, 0.05) is 5.56 Å². The van der Waals surface area contributed by atoms with E-state index in [2.05, 4.69) is 0 Å². The van der Waals surface area contributed by atoms with Crippen LogP contribution in [0, 0.1) is 0 Å². The summed E-state index contributed by atoms with van der Waals surface area (Å²) in [7, 11) is 0. The molecular weight excluding hydrogens is 501 g/mol. The van der Waals surface area contributed by atoms with Crippen LogP contribution in [-0.2, 0) is 22.1 Å². The van der Waals surface area contributed by atoms with Gasteiger partial charge < -0.3 is 19.7 Å². The number of benzene rings is 3. The molecule has 1 atom stereocenters. The van der Waals surface area contributed by atoms with E-state index in [4.69, 9.17) is 9.47 Å². The zero-order chi connectivity index (χ0) is 27.8. The van der Waals surface area contributed by atoms with Crippen LogP contribution in [0.1, 0.15) is 60.3 Å². The number of rotatable bonds is 6. The number of hydrogen-bond donors (Lipinski definition) is 2. The standard InChI is InChI=1S/C29H27F3O6/c1-28(2,3)38-25(27(35)36)24-21(29(30,31)32)11-10-20(16-6-4-7-19(14-16)26(33)34)23(24)18-9-12-22-17(15-18)8-5-13-37-22/h4,6-7,9-12,14-15,25H,5,8,13H2,1-3H3,(H,33,34)(H,35,36). The molecule has 0 saturated carbocycles. The van der Waals surface area contributed by atoms with Gasteiger partial charge in [0.2, 0.25) is 0 Å². The number of aromatic carboxylic acids is 1. The molecule has 0 radical (unpaired) electrons. The van der Waals surface area contributed by atoms with Gasteiger partial charge in [0.25, 0.3) is 0 Å². The van der Waals surface area contributed by atoms with Gasteiger partial charge in [-0.25, -0.2) is 9.59 Å². The van der Waals surface area contributed by atoms with Crippen molar-refractivity contribution in [3.8, 4) is 28.0 Å². The Bertz CT molecular complexity index is 1390. The molecule has 4 rings (SSSR count). The van der Waals surface area contributed by atoms with Crippen molar-refractivity contribution in [3.63, 3.8) is 0 Å². The smallest absolute Gasteiger partial charge is 0.416 e. The first kappa shape index (κ1) is 27.2. The van der Waals surface area contributed by atoms with Gasteiger partial charge in [0.1, 0.15) is 5.75 Å². The van der Waals surface area contributed by atoms with E-state index in [9.17, 15) is 33.0 Å². The largest absolute Gasteiger partial charge is 0.493 e. The Labute approximate surface area is 217 Å². The highest BCUT2D eigenvalue weighted by atomic mass is 19.4. The van der Waals surface area contributed by atoms with Gasteiger partial charge in [-0.1, -0.05) is 24.3 Å². The highest BCUT2D eigenvalue weighted by Gasteiger charge is 2.41. The predicted octanol–water partition coefficient (Wildman–Crippen LogP) is 7.00. The van der Waals surface area contributed by atoms with Crippen LogP contribution in [0.15, 0.2) is 54.6 Å². The van der Waals surface area contributed by atoms with Crippen LogP contribution in [-0.4, -0.2) is 34.4 Å². The van der Waals surface area contributed by atoms with Gasteiger partial charge in [0.05, 0.1) is 23.3 Å².